The quantitative estimate of drug-likeness (QED) is 0.737. The van der Waals surface area contributed by atoms with Crippen LogP contribution in [0.15, 0.2) is 18.2 Å². The Hall–Kier alpha value is -2.32. The number of rotatable bonds is 5. The Labute approximate surface area is 105 Å². The van der Waals surface area contributed by atoms with Crippen molar-refractivity contribution in [2.45, 2.75) is 6.18 Å². The van der Waals surface area contributed by atoms with E-state index in [1.54, 1.807) is 0 Å². The first kappa shape index (κ1) is 14.7. The molecule has 104 valence electrons. The molecular weight excluding hydrogens is 267 g/mol. The maximum Gasteiger partial charge on any atom is 0.433 e. The summed E-state index contributed by atoms with van der Waals surface area (Å²) in [6.45, 7) is -0.932. The first-order chi connectivity index (χ1) is 8.79. The van der Waals surface area contributed by atoms with Crippen LogP contribution in [-0.2, 0) is 15.8 Å². The number of aliphatic carboxylic acids is 1. The molecule has 9 heteroatoms. The standard InChI is InChI=1S/C10H10F3N3O3/c11-10(12,13)6-2-1-3-7(16-6)14-4-8(17)15-5-9(18)19/h1-3H,4-5H2,(H,14,16)(H,15,17)(H,18,19). The van der Waals surface area contributed by atoms with Gasteiger partial charge in [0.15, 0.2) is 0 Å². The van der Waals surface area contributed by atoms with E-state index in [1.165, 1.54) is 6.07 Å². The number of anilines is 1. The topological polar surface area (TPSA) is 91.3 Å². The van der Waals surface area contributed by atoms with E-state index < -0.39 is 30.3 Å². The average Bonchev–Trinajstić information content (AvgIpc) is 2.33. The number of carbonyl (C=O) groups is 2. The van der Waals surface area contributed by atoms with Crippen LogP contribution in [0, 0.1) is 0 Å². The highest BCUT2D eigenvalue weighted by Crippen LogP contribution is 2.27. The van der Waals surface area contributed by atoms with Crippen LogP contribution >= 0.6 is 0 Å². The first-order valence-electron chi connectivity index (χ1n) is 5.05. The van der Waals surface area contributed by atoms with Gasteiger partial charge in [-0.15, -0.1) is 0 Å². The number of alkyl halides is 3. The molecule has 1 aromatic heterocycles. The van der Waals surface area contributed by atoms with Gasteiger partial charge in [-0.05, 0) is 12.1 Å². The SMILES string of the molecule is O=C(O)CNC(=O)CNc1cccc(C(F)(F)F)n1. The minimum Gasteiger partial charge on any atom is -0.480 e. The van der Waals surface area contributed by atoms with Gasteiger partial charge in [-0.25, -0.2) is 4.98 Å². The number of aromatic nitrogens is 1. The van der Waals surface area contributed by atoms with E-state index in [0.717, 1.165) is 12.1 Å². The Morgan fingerprint density at radius 2 is 1.95 bits per heavy atom. The molecule has 0 spiro atoms. The second-order valence-corrected chi connectivity index (χ2v) is 3.43. The van der Waals surface area contributed by atoms with E-state index in [0.29, 0.717) is 0 Å². The molecule has 0 radical (unpaired) electrons. The fourth-order valence-electron chi connectivity index (χ4n) is 1.10. The first-order valence-corrected chi connectivity index (χ1v) is 5.05. The van der Waals surface area contributed by atoms with Gasteiger partial charge < -0.3 is 15.7 Å². The van der Waals surface area contributed by atoms with Crippen molar-refractivity contribution in [1.82, 2.24) is 10.3 Å². The highest BCUT2D eigenvalue weighted by atomic mass is 19.4. The number of nitrogens with one attached hydrogen (secondary N) is 2. The monoisotopic (exact) mass is 277 g/mol. The van der Waals surface area contributed by atoms with E-state index in [2.05, 4.69) is 10.3 Å². The summed E-state index contributed by atoms with van der Waals surface area (Å²) in [6.07, 6.45) is -4.57. The fraction of sp³-hybridized carbons (Fsp3) is 0.300. The molecule has 1 heterocycles. The fourth-order valence-corrected chi connectivity index (χ4v) is 1.10. The number of nitrogens with zero attached hydrogens (tertiary/aromatic N) is 1. The highest BCUT2D eigenvalue weighted by molar-refractivity contribution is 5.84. The van der Waals surface area contributed by atoms with Gasteiger partial charge in [0.2, 0.25) is 5.91 Å². The van der Waals surface area contributed by atoms with E-state index in [-0.39, 0.29) is 12.4 Å². The number of pyridine rings is 1. The van der Waals surface area contributed by atoms with Crippen LogP contribution in [0.3, 0.4) is 0 Å². The zero-order valence-electron chi connectivity index (χ0n) is 9.49. The zero-order chi connectivity index (χ0) is 14.5. The van der Waals surface area contributed by atoms with Gasteiger partial charge in [0.25, 0.3) is 0 Å². The third-order valence-electron chi connectivity index (χ3n) is 1.91. The second-order valence-electron chi connectivity index (χ2n) is 3.43. The number of amides is 1. The van der Waals surface area contributed by atoms with Crippen molar-refractivity contribution in [3.05, 3.63) is 23.9 Å². The van der Waals surface area contributed by atoms with E-state index in [9.17, 15) is 22.8 Å². The lowest BCUT2D eigenvalue weighted by atomic mass is 10.3. The summed E-state index contributed by atoms with van der Waals surface area (Å²) in [5.74, 6) is -2.01. The van der Waals surface area contributed by atoms with Crippen LogP contribution in [0.25, 0.3) is 0 Å². The van der Waals surface area contributed by atoms with Crippen molar-refractivity contribution < 1.29 is 27.9 Å². The van der Waals surface area contributed by atoms with Gasteiger partial charge in [-0.1, -0.05) is 6.07 Å². The van der Waals surface area contributed by atoms with Gasteiger partial charge in [0.05, 0.1) is 6.54 Å². The molecule has 0 atom stereocenters. The third kappa shape index (κ3) is 5.23. The van der Waals surface area contributed by atoms with Crippen LogP contribution < -0.4 is 10.6 Å². The molecule has 0 bridgehead atoms. The van der Waals surface area contributed by atoms with Crippen molar-refractivity contribution in [2.24, 2.45) is 0 Å². The summed E-state index contributed by atoms with van der Waals surface area (Å²) in [6, 6.07) is 3.21. The predicted octanol–water partition coefficient (Wildman–Crippen LogP) is 0.713. The van der Waals surface area contributed by atoms with Crippen molar-refractivity contribution in [3.8, 4) is 0 Å². The molecule has 1 rings (SSSR count). The molecular formula is C10H10F3N3O3. The molecule has 1 amide bonds. The number of halogens is 3. The Morgan fingerprint density at radius 1 is 1.26 bits per heavy atom. The zero-order valence-corrected chi connectivity index (χ0v) is 9.49. The molecule has 0 fully saturated rings. The number of hydrogen-bond acceptors (Lipinski definition) is 4. The van der Waals surface area contributed by atoms with Crippen LogP contribution in [-0.4, -0.2) is 35.1 Å². The highest BCUT2D eigenvalue weighted by Gasteiger charge is 2.32. The Morgan fingerprint density at radius 3 is 2.53 bits per heavy atom. The van der Waals surface area contributed by atoms with Gasteiger partial charge in [0.1, 0.15) is 18.1 Å². The Balaban J connectivity index is 2.54. The van der Waals surface area contributed by atoms with Crippen molar-refractivity contribution >= 4 is 17.7 Å². The molecule has 0 aliphatic carbocycles. The summed E-state index contributed by atoms with van der Waals surface area (Å²) in [5, 5.41) is 12.7. The molecule has 1 aromatic rings. The lowest BCUT2D eigenvalue weighted by molar-refractivity contribution is -0.141. The van der Waals surface area contributed by atoms with E-state index in [4.69, 9.17) is 5.11 Å². The van der Waals surface area contributed by atoms with Crippen LogP contribution in [0.5, 0.6) is 0 Å². The van der Waals surface area contributed by atoms with Crippen LogP contribution in [0.2, 0.25) is 0 Å². The number of carbonyl (C=O) groups excluding carboxylic acids is 1. The Kier molecular flexibility index (Phi) is 4.67. The summed E-state index contributed by atoms with van der Waals surface area (Å²) in [5.41, 5.74) is -1.08. The largest absolute Gasteiger partial charge is 0.480 e. The molecule has 0 unspecified atom stereocenters. The molecule has 0 saturated carbocycles. The van der Waals surface area contributed by atoms with Gasteiger partial charge in [0, 0.05) is 0 Å². The summed E-state index contributed by atoms with van der Waals surface area (Å²) >= 11 is 0. The molecule has 0 saturated heterocycles. The van der Waals surface area contributed by atoms with Crippen molar-refractivity contribution in [3.63, 3.8) is 0 Å². The molecule has 0 aromatic carbocycles. The lowest BCUT2D eigenvalue weighted by Gasteiger charge is -2.09. The summed E-state index contributed by atoms with van der Waals surface area (Å²) < 4.78 is 37.0. The number of carboxylic acid groups (broad SMARTS) is 1. The van der Waals surface area contributed by atoms with E-state index in [1.807, 2.05) is 5.32 Å². The van der Waals surface area contributed by atoms with Crippen LogP contribution in [0.4, 0.5) is 19.0 Å². The van der Waals surface area contributed by atoms with Crippen molar-refractivity contribution in [2.75, 3.05) is 18.4 Å². The smallest absolute Gasteiger partial charge is 0.433 e. The molecule has 0 aliphatic rings. The maximum atomic E-state index is 12.3. The van der Waals surface area contributed by atoms with E-state index >= 15 is 0 Å². The van der Waals surface area contributed by atoms with Gasteiger partial charge >= 0.3 is 12.1 Å². The second kappa shape index (κ2) is 6.03. The van der Waals surface area contributed by atoms with Gasteiger partial charge in [-0.2, -0.15) is 13.2 Å². The maximum absolute atomic E-state index is 12.3. The Bertz CT molecular complexity index is 477. The number of carboxylic acids is 1. The van der Waals surface area contributed by atoms with Gasteiger partial charge in [-0.3, -0.25) is 9.59 Å². The average molecular weight is 277 g/mol. The molecule has 19 heavy (non-hydrogen) atoms. The summed E-state index contributed by atoms with van der Waals surface area (Å²) in [7, 11) is 0. The minimum atomic E-state index is -4.57. The normalized spacial score (nSPS) is 10.9. The molecule has 3 N–H and O–H groups in total. The van der Waals surface area contributed by atoms with Crippen LogP contribution in [0.1, 0.15) is 5.69 Å². The molecule has 6 nitrogen and oxygen atoms in total. The predicted molar refractivity (Wildman–Crippen MR) is 58.4 cm³/mol. The van der Waals surface area contributed by atoms with Crippen molar-refractivity contribution in [1.29, 1.82) is 0 Å². The number of hydrogen-bond donors (Lipinski definition) is 3. The third-order valence-corrected chi connectivity index (χ3v) is 1.91. The minimum absolute atomic E-state index is 0.125. The summed E-state index contributed by atoms with van der Waals surface area (Å²) in [4.78, 5) is 24.6. The molecule has 0 aliphatic heterocycles. The lowest BCUT2D eigenvalue weighted by Crippen LogP contribution is -2.34.